The summed E-state index contributed by atoms with van der Waals surface area (Å²) in [6.45, 7) is -0.559. The van der Waals surface area contributed by atoms with Gasteiger partial charge in [0, 0.05) is 33.5 Å². The molecule has 0 aliphatic heterocycles. The smallest absolute Gasteiger partial charge is 0.188 e. The number of ether oxygens (including phenoxy) is 7. The largest absolute Gasteiger partial charge is 0.488 e. The minimum atomic E-state index is -1.84. The standard InChI is InChI=1S/C26H28F2O8/c1-30-14-34-18-11-19(27)23(22(12-18)36-16-32-3)26(29)24-20(33-13-17-7-5-4-6-8-17)9-10-21(25(24)28)35-15-31-2/h4-12,26,29H,13-16H2,1-3H3. The fourth-order valence-electron chi connectivity index (χ4n) is 3.34. The molecule has 10 heteroatoms. The first-order chi connectivity index (χ1) is 17.5. The highest BCUT2D eigenvalue weighted by molar-refractivity contribution is 5.51. The minimum absolute atomic E-state index is 0.00887. The first-order valence-electron chi connectivity index (χ1n) is 10.9. The van der Waals surface area contributed by atoms with Crippen LogP contribution < -0.4 is 18.9 Å². The van der Waals surface area contributed by atoms with Gasteiger partial charge in [-0.3, -0.25) is 0 Å². The highest BCUT2D eigenvalue weighted by Crippen LogP contribution is 2.42. The van der Waals surface area contributed by atoms with Gasteiger partial charge >= 0.3 is 0 Å². The van der Waals surface area contributed by atoms with E-state index >= 15 is 8.78 Å². The van der Waals surface area contributed by atoms with Crippen molar-refractivity contribution >= 4 is 0 Å². The molecule has 3 rings (SSSR count). The zero-order chi connectivity index (χ0) is 25.9. The number of halogens is 2. The molecule has 0 aliphatic carbocycles. The third-order valence-corrected chi connectivity index (χ3v) is 4.96. The average molecular weight is 506 g/mol. The van der Waals surface area contributed by atoms with Crippen LogP contribution in [0, 0.1) is 11.6 Å². The Hall–Kier alpha value is -3.44. The van der Waals surface area contributed by atoms with Gasteiger partial charge in [0.25, 0.3) is 0 Å². The second-order valence-corrected chi connectivity index (χ2v) is 7.44. The molecule has 8 nitrogen and oxygen atoms in total. The molecule has 3 aromatic rings. The normalized spacial score (nSPS) is 11.7. The number of hydrogen-bond donors (Lipinski definition) is 1. The van der Waals surface area contributed by atoms with Crippen LogP contribution in [0.25, 0.3) is 0 Å². The third-order valence-electron chi connectivity index (χ3n) is 4.96. The summed E-state index contributed by atoms with van der Waals surface area (Å²) in [4.78, 5) is 0. The Kier molecular flexibility index (Phi) is 10.3. The molecule has 0 radical (unpaired) electrons. The van der Waals surface area contributed by atoms with Crippen LogP contribution in [0.3, 0.4) is 0 Å². The van der Waals surface area contributed by atoms with E-state index < -0.39 is 17.7 Å². The van der Waals surface area contributed by atoms with Crippen molar-refractivity contribution in [2.24, 2.45) is 0 Å². The van der Waals surface area contributed by atoms with Crippen LogP contribution >= 0.6 is 0 Å². The van der Waals surface area contributed by atoms with E-state index in [0.29, 0.717) is 0 Å². The molecular formula is C26H28F2O8. The highest BCUT2D eigenvalue weighted by Gasteiger charge is 2.29. The van der Waals surface area contributed by atoms with Crippen molar-refractivity contribution in [3.8, 4) is 23.0 Å². The molecule has 0 saturated carbocycles. The number of rotatable bonds is 14. The van der Waals surface area contributed by atoms with Crippen molar-refractivity contribution in [1.82, 2.24) is 0 Å². The van der Waals surface area contributed by atoms with E-state index in [1.807, 2.05) is 30.3 Å². The zero-order valence-corrected chi connectivity index (χ0v) is 20.2. The Morgan fingerprint density at radius 3 is 1.97 bits per heavy atom. The molecule has 0 aromatic heterocycles. The highest BCUT2D eigenvalue weighted by atomic mass is 19.1. The number of aliphatic hydroxyl groups excluding tert-OH is 1. The van der Waals surface area contributed by atoms with Crippen LogP contribution in [0.15, 0.2) is 54.6 Å². The van der Waals surface area contributed by atoms with E-state index in [9.17, 15) is 5.11 Å². The van der Waals surface area contributed by atoms with Gasteiger partial charge in [-0.15, -0.1) is 0 Å². The van der Waals surface area contributed by atoms with E-state index in [-0.39, 0.29) is 61.1 Å². The fourth-order valence-corrected chi connectivity index (χ4v) is 3.34. The van der Waals surface area contributed by atoms with Gasteiger partial charge in [-0.2, -0.15) is 0 Å². The van der Waals surface area contributed by atoms with E-state index in [4.69, 9.17) is 33.2 Å². The Morgan fingerprint density at radius 2 is 1.31 bits per heavy atom. The lowest BCUT2D eigenvalue weighted by Gasteiger charge is -2.22. The van der Waals surface area contributed by atoms with Gasteiger partial charge in [0.15, 0.2) is 31.9 Å². The van der Waals surface area contributed by atoms with Crippen LogP contribution in [-0.2, 0) is 20.8 Å². The lowest BCUT2D eigenvalue weighted by molar-refractivity contribution is 0.0433. The summed E-state index contributed by atoms with van der Waals surface area (Å²) < 4.78 is 67.4. The van der Waals surface area contributed by atoms with Gasteiger partial charge in [0.05, 0.1) is 11.1 Å². The van der Waals surface area contributed by atoms with Crippen molar-refractivity contribution in [2.75, 3.05) is 41.7 Å². The lowest BCUT2D eigenvalue weighted by Crippen LogP contribution is -2.13. The molecule has 1 unspecified atom stereocenters. The van der Waals surface area contributed by atoms with Crippen molar-refractivity contribution in [1.29, 1.82) is 0 Å². The molecule has 0 amide bonds. The summed E-state index contributed by atoms with van der Waals surface area (Å²) in [5, 5.41) is 11.3. The molecule has 36 heavy (non-hydrogen) atoms. The first kappa shape index (κ1) is 27.2. The summed E-state index contributed by atoms with van der Waals surface area (Å²) in [5.74, 6) is -2.11. The van der Waals surface area contributed by atoms with Crippen LogP contribution in [0.4, 0.5) is 8.78 Å². The monoisotopic (exact) mass is 506 g/mol. The van der Waals surface area contributed by atoms with Crippen molar-refractivity contribution in [3.63, 3.8) is 0 Å². The quantitative estimate of drug-likeness (QED) is 0.318. The predicted octanol–water partition coefficient (Wildman–Crippen LogP) is 4.57. The fraction of sp³-hybridized carbons (Fsp3) is 0.308. The second-order valence-electron chi connectivity index (χ2n) is 7.44. The number of benzene rings is 3. The molecular weight excluding hydrogens is 478 g/mol. The summed E-state index contributed by atoms with van der Waals surface area (Å²) in [6, 6.07) is 14.3. The number of methoxy groups -OCH3 is 3. The van der Waals surface area contributed by atoms with E-state index in [1.165, 1.54) is 39.5 Å². The molecule has 0 aliphatic rings. The van der Waals surface area contributed by atoms with Gasteiger partial charge in [0.2, 0.25) is 0 Å². The van der Waals surface area contributed by atoms with Crippen molar-refractivity contribution < 1.29 is 47.0 Å². The van der Waals surface area contributed by atoms with Gasteiger partial charge in [0.1, 0.15) is 35.8 Å². The summed E-state index contributed by atoms with van der Waals surface area (Å²) in [6.07, 6.45) is -1.84. The van der Waals surface area contributed by atoms with Gasteiger partial charge in [-0.05, 0) is 17.7 Å². The van der Waals surface area contributed by atoms with Crippen LogP contribution in [-0.4, -0.2) is 46.8 Å². The SMILES string of the molecule is COCOc1cc(F)c(C(O)c2c(OCc3ccccc3)ccc(OCOC)c2F)c(OCOC)c1. The molecule has 0 spiro atoms. The maximum Gasteiger partial charge on any atom is 0.188 e. The number of hydrogen-bond acceptors (Lipinski definition) is 8. The maximum atomic E-state index is 15.6. The molecule has 0 saturated heterocycles. The summed E-state index contributed by atoms with van der Waals surface area (Å²) in [7, 11) is 4.17. The van der Waals surface area contributed by atoms with Crippen molar-refractivity contribution in [2.45, 2.75) is 12.7 Å². The van der Waals surface area contributed by atoms with Gasteiger partial charge in [-0.1, -0.05) is 30.3 Å². The molecule has 0 fully saturated rings. The van der Waals surface area contributed by atoms with Crippen LogP contribution in [0.5, 0.6) is 23.0 Å². The topological polar surface area (TPSA) is 84.8 Å². The first-order valence-corrected chi connectivity index (χ1v) is 10.9. The van der Waals surface area contributed by atoms with E-state index in [0.717, 1.165) is 11.6 Å². The lowest BCUT2D eigenvalue weighted by atomic mass is 9.97. The second kappa shape index (κ2) is 13.6. The van der Waals surface area contributed by atoms with Gasteiger partial charge < -0.3 is 38.3 Å². The zero-order valence-electron chi connectivity index (χ0n) is 20.2. The molecule has 1 atom stereocenters. The summed E-state index contributed by atoms with van der Waals surface area (Å²) in [5.41, 5.74) is 0.128. The molecule has 1 N–H and O–H groups in total. The van der Waals surface area contributed by atoms with Crippen molar-refractivity contribution in [3.05, 3.63) is 82.9 Å². The molecule has 0 bridgehead atoms. The minimum Gasteiger partial charge on any atom is -0.488 e. The Balaban J connectivity index is 2.06. The Labute approximate surface area is 207 Å². The third kappa shape index (κ3) is 6.82. The average Bonchev–Trinajstić information content (AvgIpc) is 2.89. The Morgan fingerprint density at radius 1 is 0.694 bits per heavy atom. The summed E-state index contributed by atoms with van der Waals surface area (Å²) >= 11 is 0. The van der Waals surface area contributed by atoms with Crippen LogP contribution in [0.2, 0.25) is 0 Å². The maximum absolute atomic E-state index is 15.6. The predicted molar refractivity (Wildman–Crippen MR) is 125 cm³/mol. The van der Waals surface area contributed by atoms with Gasteiger partial charge in [-0.25, -0.2) is 8.78 Å². The van der Waals surface area contributed by atoms with Crippen LogP contribution in [0.1, 0.15) is 22.8 Å². The molecule has 3 aromatic carbocycles. The molecule has 194 valence electrons. The van der Waals surface area contributed by atoms with E-state index in [2.05, 4.69) is 0 Å². The number of aliphatic hydroxyl groups is 1. The Bertz CT molecular complexity index is 1110. The van der Waals surface area contributed by atoms with E-state index in [1.54, 1.807) is 0 Å². The molecule has 0 heterocycles.